The van der Waals surface area contributed by atoms with Crippen LogP contribution in [0.4, 0.5) is 0 Å². The number of aromatic nitrogens is 2. The molecule has 1 aliphatic rings. The van der Waals surface area contributed by atoms with E-state index < -0.39 is 0 Å². The Kier molecular flexibility index (Phi) is 3.49. The predicted molar refractivity (Wildman–Crippen MR) is 85.0 cm³/mol. The second kappa shape index (κ2) is 5.19. The second-order valence-corrected chi connectivity index (χ2v) is 6.33. The van der Waals surface area contributed by atoms with E-state index in [2.05, 4.69) is 24.4 Å². The monoisotopic (exact) mass is 285 g/mol. The predicted octanol–water partition coefficient (Wildman–Crippen LogP) is 2.82. The van der Waals surface area contributed by atoms with Gasteiger partial charge in [-0.15, -0.1) is 0 Å². The molecule has 21 heavy (non-hydrogen) atoms. The largest absolute Gasteiger partial charge is 0.332 e. The van der Waals surface area contributed by atoms with Crippen molar-refractivity contribution in [2.24, 2.45) is 0 Å². The van der Waals surface area contributed by atoms with Crippen LogP contribution >= 0.6 is 0 Å². The van der Waals surface area contributed by atoms with Crippen LogP contribution in [0.15, 0.2) is 41.5 Å². The standard InChI is InChI=1S/C17H23N3O/c1-13(2)19-11-12-20(16(19)21)15-8-5-4-7-14(15)17(3)9-6-10-18-17/h4-5,7-8,11-13,18H,6,9-10H2,1-3H3. The van der Waals surface area contributed by atoms with Gasteiger partial charge >= 0.3 is 5.69 Å². The number of imidazole rings is 1. The van der Waals surface area contributed by atoms with E-state index in [9.17, 15) is 4.79 Å². The molecular weight excluding hydrogens is 262 g/mol. The van der Waals surface area contributed by atoms with Crippen LogP contribution in [0.5, 0.6) is 0 Å². The summed E-state index contributed by atoms with van der Waals surface area (Å²) >= 11 is 0. The van der Waals surface area contributed by atoms with E-state index in [0.717, 1.165) is 18.7 Å². The molecule has 2 aromatic rings. The molecule has 0 amide bonds. The molecule has 0 bridgehead atoms. The Hall–Kier alpha value is -1.81. The summed E-state index contributed by atoms with van der Waals surface area (Å²) < 4.78 is 3.53. The molecular formula is C17H23N3O. The number of benzene rings is 1. The zero-order valence-corrected chi connectivity index (χ0v) is 13.0. The van der Waals surface area contributed by atoms with Gasteiger partial charge in [-0.3, -0.25) is 9.13 Å². The third kappa shape index (κ3) is 2.33. The first-order valence-corrected chi connectivity index (χ1v) is 7.67. The zero-order valence-electron chi connectivity index (χ0n) is 13.0. The summed E-state index contributed by atoms with van der Waals surface area (Å²) in [5.41, 5.74) is 2.17. The molecule has 1 aromatic heterocycles. The number of hydrogen-bond donors (Lipinski definition) is 1. The molecule has 2 heterocycles. The first-order valence-electron chi connectivity index (χ1n) is 7.67. The van der Waals surface area contributed by atoms with Crippen molar-refractivity contribution in [3.05, 3.63) is 52.7 Å². The fraction of sp³-hybridized carbons (Fsp3) is 0.471. The van der Waals surface area contributed by atoms with Gasteiger partial charge in [-0.05, 0) is 51.8 Å². The molecule has 1 atom stereocenters. The summed E-state index contributed by atoms with van der Waals surface area (Å²) in [6.45, 7) is 7.31. The highest BCUT2D eigenvalue weighted by atomic mass is 16.1. The van der Waals surface area contributed by atoms with Crippen LogP contribution < -0.4 is 11.0 Å². The highest BCUT2D eigenvalue weighted by Gasteiger charge is 2.32. The molecule has 112 valence electrons. The average molecular weight is 285 g/mol. The zero-order chi connectivity index (χ0) is 15.0. The van der Waals surface area contributed by atoms with E-state index >= 15 is 0 Å². The minimum absolute atomic E-state index is 0.0269. The molecule has 1 unspecified atom stereocenters. The van der Waals surface area contributed by atoms with E-state index in [4.69, 9.17) is 0 Å². The molecule has 1 aliphatic heterocycles. The van der Waals surface area contributed by atoms with Gasteiger partial charge < -0.3 is 5.32 Å². The number of para-hydroxylation sites is 1. The summed E-state index contributed by atoms with van der Waals surface area (Å²) in [7, 11) is 0. The Morgan fingerprint density at radius 1 is 1.24 bits per heavy atom. The highest BCUT2D eigenvalue weighted by molar-refractivity contribution is 5.45. The van der Waals surface area contributed by atoms with Crippen LogP contribution in [-0.4, -0.2) is 15.7 Å². The molecule has 0 aliphatic carbocycles. The van der Waals surface area contributed by atoms with Gasteiger partial charge in [-0.25, -0.2) is 4.79 Å². The molecule has 0 radical (unpaired) electrons. The molecule has 0 spiro atoms. The molecule has 1 fully saturated rings. The van der Waals surface area contributed by atoms with Crippen molar-refractivity contribution in [1.29, 1.82) is 0 Å². The smallest absolute Gasteiger partial charge is 0.308 e. The maximum atomic E-state index is 12.6. The summed E-state index contributed by atoms with van der Waals surface area (Å²) in [5.74, 6) is 0. The van der Waals surface area contributed by atoms with Crippen molar-refractivity contribution in [2.45, 2.75) is 45.2 Å². The fourth-order valence-electron chi connectivity index (χ4n) is 3.24. The van der Waals surface area contributed by atoms with E-state index in [1.165, 1.54) is 12.0 Å². The Morgan fingerprint density at radius 3 is 2.62 bits per heavy atom. The van der Waals surface area contributed by atoms with Crippen LogP contribution in [0.2, 0.25) is 0 Å². The molecule has 4 heteroatoms. The van der Waals surface area contributed by atoms with Gasteiger partial charge in [0.25, 0.3) is 0 Å². The van der Waals surface area contributed by atoms with E-state index in [0.29, 0.717) is 0 Å². The highest BCUT2D eigenvalue weighted by Crippen LogP contribution is 2.33. The van der Waals surface area contributed by atoms with E-state index in [1.807, 2.05) is 38.4 Å². The Bertz CT molecular complexity index is 690. The number of nitrogens with one attached hydrogen (secondary N) is 1. The van der Waals surface area contributed by atoms with Crippen molar-refractivity contribution >= 4 is 0 Å². The van der Waals surface area contributed by atoms with Gasteiger partial charge in [0, 0.05) is 24.0 Å². The first-order chi connectivity index (χ1) is 10.0. The van der Waals surface area contributed by atoms with Gasteiger partial charge in [0.2, 0.25) is 0 Å². The lowest BCUT2D eigenvalue weighted by atomic mass is 9.89. The lowest BCUT2D eigenvalue weighted by Crippen LogP contribution is -2.35. The van der Waals surface area contributed by atoms with Crippen LogP contribution in [-0.2, 0) is 5.54 Å². The maximum absolute atomic E-state index is 12.6. The lowest BCUT2D eigenvalue weighted by molar-refractivity contribution is 0.432. The Labute approximate surface area is 125 Å². The van der Waals surface area contributed by atoms with E-state index in [1.54, 1.807) is 9.13 Å². The van der Waals surface area contributed by atoms with Crippen molar-refractivity contribution in [2.75, 3.05) is 6.54 Å². The first kappa shape index (κ1) is 14.1. The topological polar surface area (TPSA) is 39.0 Å². The third-order valence-electron chi connectivity index (χ3n) is 4.49. The average Bonchev–Trinajstić information content (AvgIpc) is 3.06. The van der Waals surface area contributed by atoms with Crippen LogP contribution in [0.25, 0.3) is 5.69 Å². The Morgan fingerprint density at radius 2 is 2.00 bits per heavy atom. The molecule has 4 nitrogen and oxygen atoms in total. The van der Waals surface area contributed by atoms with Crippen LogP contribution in [0.3, 0.4) is 0 Å². The van der Waals surface area contributed by atoms with Crippen molar-refractivity contribution < 1.29 is 0 Å². The SMILES string of the molecule is CC(C)n1ccn(-c2ccccc2C2(C)CCCN2)c1=O. The minimum atomic E-state index is -0.0457. The van der Waals surface area contributed by atoms with Crippen molar-refractivity contribution in [3.8, 4) is 5.69 Å². The van der Waals surface area contributed by atoms with Crippen LogP contribution in [0.1, 0.15) is 45.2 Å². The summed E-state index contributed by atoms with van der Waals surface area (Å²) in [6.07, 6.45) is 6.02. The summed E-state index contributed by atoms with van der Waals surface area (Å²) in [6, 6.07) is 8.38. The van der Waals surface area contributed by atoms with Gasteiger partial charge in [-0.2, -0.15) is 0 Å². The van der Waals surface area contributed by atoms with Gasteiger partial charge in [0.15, 0.2) is 0 Å². The quantitative estimate of drug-likeness (QED) is 0.942. The van der Waals surface area contributed by atoms with Crippen LogP contribution in [0, 0.1) is 0 Å². The normalized spacial score (nSPS) is 22.1. The fourth-order valence-corrected chi connectivity index (χ4v) is 3.24. The lowest BCUT2D eigenvalue weighted by Gasteiger charge is -2.27. The second-order valence-electron chi connectivity index (χ2n) is 6.33. The van der Waals surface area contributed by atoms with Crippen molar-refractivity contribution in [3.63, 3.8) is 0 Å². The molecule has 1 N–H and O–H groups in total. The van der Waals surface area contributed by atoms with Gasteiger partial charge in [0.1, 0.15) is 0 Å². The Balaban J connectivity index is 2.14. The number of hydrogen-bond acceptors (Lipinski definition) is 2. The number of rotatable bonds is 3. The summed E-state index contributed by atoms with van der Waals surface area (Å²) in [4.78, 5) is 12.6. The summed E-state index contributed by atoms with van der Waals surface area (Å²) in [5, 5.41) is 3.59. The van der Waals surface area contributed by atoms with Gasteiger partial charge in [-0.1, -0.05) is 18.2 Å². The van der Waals surface area contributed by atoms with Gasteiger partial charge in [0.05, 0.1) is 5.69 Å². The van der Waals surface area contributed by atoms with E-state index in [-0.39, 0.29) is 17.3 Å². The maximum Gasteiger partial charge on any atom is 0.332 e. The van der Waals surface area contributed by atoms with Crippen molar-refractivity contribution in [1.82, 2.24) is 14.5 Å². The molecule has 1 aromatic carbocycles. The minimum Gasteiger partial charge on any atom is -0.308 e. The molecule has 1 saturated heterocycles. The number of nitrogens with zero attached hydrogens (tertiary/aromatic N) is 2. The molecule has 0 saturated carbocycles. The third-order valence-corrected chi connectivity index (χ3v) is 4.49. The molecule has 3 rings (SSSR count).